The van der Waals surface area contributed by atoms with E-state index in [-0.39, 0.29) is 11.7 Å². The lowest BCUT2D eigenvalue weighted by Gasteiger charge is -2.18. The number of aromatic amines is 1. The van der Waals surface area contributed by atoms with Crippen LogP contribution in [0.1, 0.15) is 61.0 Å². The lowest BCUT2D eigenvalue weighted by molar-refractivity contribution is 0.0878. The van der Waals surface area contributed by atoms with Crippen LogP contribution in [0.25, 0.3) is 22.5 Å². The zero-order chi connectivity index (χ0) is 22.6. The Bertz CT molecular complexity index is 1230. The maximum Gasteiger partial charge on any atom is 0.217 e. The molecular formula is C25H27N7O. The number of hydrogen-bond acceptors (Lipinski definition) is 6. The molecule has 1 saturated carbocycles. The van der Waals surface area contributed by atoms with Crippen molar-refractivity contribution in [2.24, 2.45) is 5.92 Å². The first-order valence-corrected chi connectivity index (χ1v) is 11.6. The molecule has 0 spiro atoms. The van der Waals surface area contributed by atoms with Crippen molar-refractivity contribution < 1.29 is 4.79 Å². The number of aromatic nitrogens is 7. The molecule has 2 heterocycles. The number of rotatable bonds is 7. The van der Waals surface area contributed by atoms with Crippen LogP contribution in [-0.4, -0.2) is 41.2 Å². The Kier molecular flexibility index (Phi) is 6.06. The number of nitrogens with one attached hydrogen (secondary N) is 1. The predicted molar refractivity (Wildman–Crippen MR) is 124 cm³/mol. The van der Waals surface area contributed by atoms with Crippen LogP contribution in [0.4, 0.5) is 0 Å². The van der Waals surface area contributed by atoms with E-state index in [1.807, 2.05) is 29.8 Å². The Balaban J connectivity index is 1.46. The van der Waals surface area contributed by atoms with Gasteiger partial charge in [0.2, 0.25) is 11.6 Å². The minimum atomic E-state index is 0.0648. The van der Waals surface area contributed by atoms with Crippen molar-refractivity contribution in [1.82, 2.24) is 35.4 Å². The second-order valence-electron chi connectivity index (χ2n) is 8.54. The van der Waals surface area contributed by atoms with Gasteiger partial charge >= 0.3 is 0 Å². The Labute approximate surface area is 192 Å². The molecule has 1 N–H and O–H groups in total. The zero-order valence-electron chi connectivity index (χ0n) is 18.7. The van der Waals surface area contributed by atoms with Gasteiger partial charge in [0, 0.05) is 24.4 Å². The van der Waals surface area contributed by atoms with Crippen molar-refractivity contribution in [2.45, 2.75) is 52.0 Å². The molecule has 8 heteroatoms. The number of carbonyl (C=O) groups is 1. The number of aryl methyl sites for hydroxylation is 1. The quantitative estimate of drug-likeness (QED) is 0.424. The average Bonchev–Trinajstić information content (AvgIpc) is 3.55. The van der Waals surface area contributed by atoms with E-state index in [1.165, 1.54) is 6.42 Å². The first kappa shape index (κ1) is 21.2. The van der Waals surface area contributed by atoms with E-state index < -0.39 is 0 Å². The van der Waals surface area contributed by atoms with Gasteiger partial charge in [0.1, 0.15) is 5.82 Å². The predicted octanol–water partition coefficient (Wildman–Crippen LogP) is 4.50. The highest BCUT2D eigenvalue weighted by Crippen LogP contribution is 2.31. The molecule has 0 amide bonds. The zero-order valence-corrected chi connectivity index (χ0v) is 18.7. The van der Waals surface area contributed by atoms with E-state index in [0.29, 0.717) is 24.6 Å². The summed E-state index contributed by atoms with van der Waals surface area (Å²) < 4.78 is 1.84. The Morgan fingerprint density at radius 1 is 1.06 bits per heavy atom. The molecule has 0 saturated heterocycles. The highest BCUT2D eigenvalue weighted by atomic mass is 16.1. The van der Waals surface area contributed by atoms with Gasteiger partial charge in [-0.15, -0.1) is 10.2 Å². The summed E-state index contributed by atoms with van der Waals surface area (Å²) in [5, 5.41) is 19.1. The summed E-state index contributed by atoms with van der Waals surface area (Å²) in [6, 6.07) is 16.4. The number of Topliss-reactive ketones (excluding diaryl/α,β-unsaturated/α-hetero) is 1. The van der Waals surface area contributed by atoms with Gasteiger partial charge in [0.25, 0.3) is 0 Å². The second-order valence-corrected chi connectivity index (χ2v) is 8.54. The number of tetrazole rings is 1. The van der Waals surface area contributed by atoms with Crippen molar-refractivity contribution in [3.05, 3.63) is 65.7 Å². The van der Waals surface area contributed by atoms with Gasteiger partial charge in [-0.25, -0.2) is 14.8 Å². The first-order chi connectivity index (χ1) is 16.2. The molecule has 0 bridgehead atoms. The van der Waals surface area contributed by atoms with Crippen molar-refractivity contribution in [3.63, 3.8) is 0 Å². The summed E-state index contributed by atoms with van der Waals surface area (Å²) in [6.45, 7) is 2.69. The Morgan fingerprint density at radius 3 is 2.61 bits per heavy atom. The number of ketones is 1. The van der Waals surface area contributed by atoms with Gasteiger partial charge in [-0.1, -0.05) is 61.7 Å². The Morgan fingerprint density at radius 2 is 1.88 bits per heavy atom. The second kappa shape index (κ2) is 9.44. The third-order valence-corrected chi connectivity index (χ3v) is 6.38. The van der Waals surface area contributed by atoms with Crippen LogP contribution in [0.15, 0.2) is 48.5 Å². The molecule has 2 aromatic carbocycles. The third-order valence-electron chi connectivity index (χ3n) is 6.38. The molecule has 0 aliphatic heterocycles. The molecule has 5 rings (SSSR count). The fraction of sp³-hybridized carbons (Fsp3) is 0.360. The number of nitrogens with zero attached hydrogens (tertiary/aromatic N) is 6. The van der Waals surface area contributed by atoms with Crippen LogP contribution in [0.2, 0.25) is 0 Å². The van der Waals surface area contributed by atoms with Crippen LogP contribution in [0, 0.1) is 5.92 Å². The summed E-state index contributed by atoms with van der Waals surface area (Å²) in [4.78, 5) is 17.7. The normalized spacial score (nSPS) is 14.5. The summed E-state index contributed by atoms with van der Waals surface area (Å²) in [6.07, 6.45) is 5.92. The van der Waals surface area contributed by atoms with Crippen LogP contribution < -0.4 is 0 Å². The van der Waals surface area contributed by atoms with E-state index in [4.69, 9.17) is 0 Å². The monoisotopic (exact) mass is 441 g/mol. The summed E-state index contributed by atoms with van der Waals surface area (Å²) in [5.41, 5.74) is 4.11. The Hall–Kier alpha value is -3.68. The van der Waals surface area contributed by atoms with Crippen molar-refractivity contribution >= 4 is 5.78 Å². The van der Waals surface area contributed by atoms with Gasteiger partial charge in [-0.2, -0.15) is 0 Å². The third kappa shape index (κ3) is 4.46. The summed E-state index contributed by atoms with van der Waals surface area (Å²) in [5.74, 6) is 1.93. The first-order valence-electron chi connectivity index (χ1n) is 11.6. The SMILES string of the molecule is CCn1nc(C(=O)C2CCCCC2)nc1Cc1ccc(-c2ccccc2)c(-c2nnn[nH]2)c1. The van der Waals surface area contributed by atoms with Gasteiger partial charge in [0.15, 0.2) is 5.82 Å². The van der Waals surface area contributed by atoms with E-state index in [9.17, 15) is 4.79 Å². The smallest absolute Gasteiger partial charge is 0.217 e. The van der Waals surface area contributed by atoms with E-state index >= 15 is 0 Å². The van der Waals surface area contributed by atoms with Crippen LogP contribution in [0.3, 0.4) is 0 Å². The van der Waals surface area contributed by atoms with Crippen molar-refractivity contribution in [2.75, 3.05) is 0 Å². The number of H-pyrrole nitrogens is 1. The highest BCUT2D eigenvalue weighted by molar-refractivity contribution is 5.94. The molecule has 0 unspecified atom stereocenters. The minimum absolute atomic E-state index is 0.0648. The maximum atomic E-state index is 13.0. The molecule has 2 aromatic heterocycles. The number of benzene rings is 2. The van der Waals surface area contributed by atoms with Gasteiger partial charge in [-0.3, -0.25) is 4.79 Å². The van der Waals surface area contributed by atoms with Gasteiger partial charge in [-0.05, 0) is 52.9 Å². The summed E-state index contributed by atoms with van der Waals surface area (Å²) >= 11 is 0. The molecule has 1 aliphatic carbocycles. The van der Waals surface area contributed by atoms with Crippen LogP contribution in [-0.2, 0) is 13.0 Å². The summed E-state index contributed by atoms with van der Waals surface area (Å²) in [7, 11) is 0. The highest BCUT2D eigenvalue weighted by Gasteiger charge is 2.26. The van der Waals surface area contributed by atoms with Crippen molar-refractivity contribution in [1.29, 1.82) is 0 Å². The fourth-order valence-electron chi connectivity index (χ4n) is 4.63. The number of hydrogen-bond donors (Lipinski definition) is 1. The molecule has 1 aliphatic rings. The largest absolute Gasteiger partial charge is 0.290 e. The molecule has 4 aromatic rings. The molecular weight excluding hydrogens is 414 g/mol. The van der Waals surface area contributed by atoms with E-state index in [2.05, 4.69) is 61.0 Å². The minimum Gasteiger partial charge on any atom is -0.290 e. The van der Waals surface area contributed by atoms with Crippen LogP contribution in [0.5, 0.6) is 0 Å². The molecule has 1 fully saturated rings. The molecule has 33 heavy (non-hydrogen) atoms. The molecule has 8 nitrogen and oxygen atoms in total. The average molecular weight is 442 g/mol. The van der Waals surface area contributed by atoms with Gasteiger partial charge < -0.3 is 0 Å². The van der Waals surface area contributed by atoms with E-state index in [1.54, 1.807) is 0 Å². The topological polar surface area (TPSA) is 102 Å². The molecule has 0 atom stereocenters. The fourth-order valence-corrected chi connectivity index (χ4v) is 4.63. The van der Waals surface area contributed by atoms with Gasteiger partial charge in [0.05, 0.1) is 0 Å². The van der Waals surface area contributed by atoms with E-state index in [0.717, 1.165) is 53.8 Å². The maximum absolute atomic E-state index is 13.0. The standard InChI is InChI=1S/C25H27N7O/c1-2-32-22(26-25(29-32)23(33)19-11-7-4-8-12-19)16-17-13-14-20(18-9-5-3-6-10-18)21(15-17)24-27-30-31-28-24/h3,5-6,9-10,13-15,19H,2,4,7-8,11-12,16H2,1H3,(H,27,28,30,31). The van der Waals surface area contributed by atoms with Crippen molar-refractivity contribution in [3.8, 4) is 22.5 Å². The van der Waals surface area contributed by atoms with Crippen LogP contribution >= 0.6 is 0 Å². The molecule has 168 valence electrons. The lowest BCUT2D eigenvalue weighted by Crippen LogP contribution is -2.19. The lowest BCUT2D eigenvalue weighted by atomic mass is 9.86. The molecule has 0 radical (unpaired) electrons. The number of carbonyl (C=O) groups excluding carboxylic acids is 1.